The van der Waals surface area contributed by atoms with Gasteiger partial charge in [-0.15, -0.1) is 0 Å². The molecule has 2 amide bonds. The predicted molar refractivity (Wildman–Crippen MR) is 81.1 cm³/mol. The molecule has 1 unspecified atom stereocenters. The lowest BCUT2D eigenvalue weighted by Gasteiger charge is -2.37. The van der Waals surface area contributed by atoms with Crippen LogP contribution < -0.4 is 5.32 Å². The summed E-state index contributed by atoms with van der Waals surface area (Å²) in [5, 5.41) is 12.2. The quantitative estimate of drug-likeness (QED) is 0.838. The molecule has 2 rings (SSSR count). The third kappa shape index (κ3) is 4.61. The van der Waals surface area contributed by atoms with Crippen molar-refractivity contribution in [3.8, 4) is 0 Å². The number of piperidine rings is 1. The van der Waals surface area contributed by atoms with Crippen molar-refractivity contribution in [2.45, 2.75) is 58.3 Å². The first-order valence-electron chi connectivity index (χ1n) is 8.25. The molecule has 2 aliphatic rings. The van der Waals surface area contributed by atoms with Crippen molar-refractivity contribution in [1.82, 2.24) is 10.2 Å². The van der Waals surface area contributed by atoms with Crippen LogP contribution in [0.5, 0.6) is 0 Å². The Morgan fingerprint density at radius 3 is 2.57 bits per heavy atom. The number of aliphatic carboxylic acids is 1. The van der Waals surface area contributed by atoms with Crippen LogP contribution in [0.3, 0.4) is 0 Å². The highest BCUT2D eigenvalue weighted by Gasteiger charge is 2.35. The maximum absolute atomic E-state index is 12.3. The van der Waals surface area contributed by atoms with Gasteiger partial charge in [0.15, 0.2) is 0 Å². The first kappa shape index (κ1) is 16.1. The molecule has 2 N–H and O–H groups in total. The van der Waals surface area contributed by atoms with Crippen LogP contribution in [0.1, 0.15) is 58.3 Å². The van der Waals surface area contributed by atoms with E-state index in [1.54, 1.807) is 0 Å². The molecule has 21 heavy (non-hydrogen) atoms. The number of nitrogens with zero attached hydrogens (tertiary/aromatic N) is 1. The summed E-state index contributed by atoms with van der Waals surface area (Å²) in [6.45, 7) is 4.31. The summed E-state index contributed by atoms with van der Waals surface area (Å²) in [5.74, 6) is -0.190. The smallest absolute Gasteiger partial charge is 0.317 e. The maximum Gasteiger partial charge on any atom is 0.317 e. The highest BCUT2D eigenvalue weighted by atomic mass is 16.4. The Hall–Kier alpha value is -1.26. The number of amides is 2. The van der Waals surface area contributed by atoms with Gasteiger partial charge < -0.3 is 15.3 Å². The van der Waals surface area contributed by atoms with E-state index in [1.165, 1.54) is 12.8 Å². The zero-order valence-electron chi connectivity index (χ0n) is 13.1. The molecule has 0 aromatic rings. The molecule has 2 fully saturated rings. The second-order valence-electron chi connectivity index (χ2n) is 6.98. The minimum atomic E-state index is -0.752. The predicted octanol–water partition coefficient (Wildman–Crippen LogP) is 2.85. The maximum atomic E-state index is 12.3. The molecule has 0 bridgehead atoms. The summed E-state index contributed by atoms with van der Waals surface area (Å²) in [6, 6.07) is -0.0168. The molecule has 0 spiro atoms. The van der Waals surface area contributed by atoms with Crippen molar-refractivity contribution in [3.63, 3.8) is 0 Å². The van der Waals surface area contributed by atoms with Gasteiger partial charge in [-0.05, 0) is 37.0 Å². The van der Waals surface area contributed by atoms with Crippen molar-refractivity contribution in [2.24, 2.45) is 11.3 Å². The normalized spacial score (nSPS) is 25.4. The van der Waals surface area contributed by atoms with Crippen molar-refractivity contribution >= 4 is 12.0 Å². The Kier molecular flexibility index (Phi) is 5.48. The van der Waals surface area contributed by atoms with E-state index in [0.29, 0.717) is 12.5 Å². The van der Waals surface area contributed by atoms with Gasteiger partial charge in [-0.2, -0.15) is 0 Å². The molecule has 5 heteroatoms. The van der Waals surface area contributed by atoms with Crippen molar-refractivity contribution < 1.29 is 14.7 Å². The van der Waals surface area contributed by atoms with Crippen molar-refractivity contribution in [2.75, 3.05) is 19.6 Å². The molecule has 0 aromatic carbocycles. The first-order valence-corrected chi connectivity index (χ1v) is 8.25. The Morgan fingerprint density at radius 1 is 1.24 bits per heavy atom. The summed E-state index contributed by atoms with van der Waals surface area (Å²) < 4.78 is 0. The molecule has 1 saturated heterocycles. The molecular weight excluding hydrogens is 268 g/mol. The molecule has 5 nitrogen and oxygen atoms in total. The molecule has 120 valence electrons. The largest absolute Gasteiger partial charge is 0.481 e. The number of carbonyl (C=O) groups excluding carboxylic acids is 1. The molecule has 1 aliphatic heterocycles. The summed E-state index contributed by atoms with van der Waals surface area (Å²) in [7, 11) is 0. The highest BCUT2D eigenvalue weighted by Crippen LogP contribution is 2.38. The number of carboxylic acid groups (broad SMARTS) is 1. The number of urea groups is 1. The van der Waals surface area contributed by atoms with Crippen molar-refractivity contribution in [3.05, 3.63) is 0 Å². The second kappa shape index (κ2) is 7.14. The first-order chi connectivity index (χ1) is 10.0. The molecule has 1 saturated carbocycles. The van der Waals surface area contributed by atoms with Crippen LogP contribution in [0.15, 0.2) is 0 Å². The Balaban J connectivity index is 1.88. The summed E-state index contributed by atoms with van der Waals surface area (Å²) >= 11 is 0. The lowest BCUT2D eigenvalue weighted by molar-refractivity contribution is -0.140. The van der Waals surface area contributed by atoms with Gasteiger partial charge in [0.25, 0.3) is 0 Å². The second-order valence-corrected chi connectivity index (χ2v) is 6.98. The van der Waals surface area contributed by atoms with Gasteiger partial charge in [-0.25, -0.2) is 4.79 Å². The fourth-order valence-corrected chi connectivity index (χ4v) is 3.79. The van der Waals surface area contributed by atoms with Crippen LogP contribution in [-0.2, 0) is 4.79 Å². The third-order valence-electron chi connectivity index (χ3n) is 5.00. The van der Waals surface area contributed by atoms with E-state index in [2.05, 4.69) is 12.2 Å². The van der Waals surface area contributed by atoms with E-state index < -0.39 is 5.97 Å². The number of carboxylic acids is 1. The number of hydrogen-bond acceptors (Lipinski definition) is 2. The summed E-state index contributed by atoms with van der Waals surface area (Å²) in [4.78, 5) is 25.3. The van der Waals surface area contributed by atoms with Crippen molar-refractivity contribution in [1.29, 1.82) is 0 Å². The zero-order valence-corrected chi connectivity index (χ0v) is 13.1. The summed E-state index contributed by atoms with van der Waals surface area (Å²) in [6.07, 6.45) is 7.57. The molecule has 0 radical (unpaired) electrons. The van der Waals surface area contributed by atoms with E-state index in [1.807, 2.05) is 4.90 Å². The van der Waals surface area contributed by atoms with E-state index in [9.17, 15) is 9.59 Å². The lowest BCUT2D eigenvalue weighted by atomic mass is 9.72. The third-order valence-corrected chi connectivity index (χ3v) is 5.00. The molecule has 1 heterocycles. The average Bonchev–Trinajstić information content (AvgIpc) is 2.45. The number of hydrogen-bond donors (Lipinski definition) is 2. The number of likely N-dealkylation sites (tertiary alicyclic amines) is 1. The Labute approximate surface area is 127 Å². The molecular formula is C16H28N2O3. The van der Waals surface area contributed by atoms with E-state index in [0.717, 1.165) is 45.2 Å². The van der Waals surface area contributed by atoms with Gasteiger partial charge in [0, 0.05) is 19.6 Å². The van der Waals surface area contributed by atoms with Crippen LogP contribution in [0.25, 0.3) is 0 Å². The fraction of sp³-hybridized carbons (Fsp3) is 0.875. The Morgan fingerprint density at radius 2 is 1.95 bits per heavy atom. The van der Waals surface area contributed by atoms with Gasteiger partial charge in [-0.1, -0.05) is 26.2 Å². The van der Waals surface area contributed by atoms with E-state index in [-0.39, 0.29) is 17.9 Å². The van der Waals surface area contributed by atoms with Gasteiger partial charge in [0.2, 0.25) is 0 Å². The number of nitrogens with one attached hydrogen (secondary N) is 1. The lowest BCUT2D eigenvalue weighted by Crippen LogP contribution is -2.48. The number of carbonyl (C=O) groups is 2. The van der Waals surface area contributed by atoms with Crippen LogP contribution in [0.2, 0.25) is 0 Å². The minimum Gasteiger partial charge on any atom is -0.481 e. The SMILES string of the molecule is CC1CCCN(C(=O)NCC2(CC(=O)O)CCCCC2)C1. The Bertz CT molecular complexity index is 378. The monoisotopic (exact) mass is 296 g/mol. The van der Waals surface area contributed by atoms with Crippen LogP contribution in [-0.4, -0.2) is 41.6 Å². The van der Waals surface area contributed by atoms with Gasteiger partial charge >= 0.3 is 12.0 Å². The minimum absolute atomic E-state index is 0.0168. The van der Waals surface area contributed by atoms with E-state index in [4.69, 9.17) is 5.11 Å². The van der Waals surface area contributed by atoms with Crippen LogP contribution in [0, 0.1) is 11.3 Å². The van der Waals surface area contributed by atoms with Crippen LogP contribution >= 0.6 is 0 Å². The standard InChI is InChI=1S/C16H28N2O3/c1-13-6-5-9-18(11-13)15(21)17-12-16(10-14(19)20)7-3-2-4-8-16/h13H,2-12H2,1H3,(H,17,21)(H,19,20). The summed E-state index contributed by atoms with van der Waals surface area (Å²) in [5.41, 5.74) is -0.235. The average molecular weight is 296 g/mol. The van der Waals surface area contributed by atoms with E-state index >= 15 is 0 Å². The van der Waals surface area contributed by atoms with Crippen LogP contribution in [0.4, 0.5) is 4.79 Å². The molecule has 1 atom stereocenters. The zero-order chi connectivity index (χ0) is 15.3. The van der Waals surface area contributed by atoms with Gasteiger partial charge in [0.1, 0.15) is 0 Å². The van der Waals surface area contributed by atoms with Gasteiger partial charge in [0.05, 0.1) is 6.42 Å². The topological polar surface area (TPSA) is 69.6 Å². The number of rotatable bonds is 4. The molecule has 0 aromatic heterocycles. The fourth-order valence-electron chi connectivity index (χ4n) is 3.79. The molecule has 1 aliphatic carbocycles. The highest BCUT2D eigenvalue weighted by molar-refractivity contribution is 5.74. The van der Waals surface area contributed by atoms with Gasteiger partial charge in [-0.3, -0.25) is 4.79 Å².